The van der Waals surface area contributed by atoms with Crippen LogP contribution in [0.4, 0.5) is 0 Å². The van der Waals surface area contributed by atoms with Gasteiger partial charge in [-0.2, -0.15) is 0 Å². The van der Waals surface area contributed by atoms with Gasteiger partial charge in [-0.1, -0.05) is 42.5 Å². The van der Waals surface area contributed by atoms with Crippen molar-refractivity contribution in [3.8, 4) is 0 Å². The molecule has 0 unspecified atom stereocenters. The van der Waals surface area contributed by atoms with E-state index in [-0.39, 0.29) is 23.1 Å². The highest BCUT2D eigenvalue weighted by Crippen LogP contribution is 2.55. The highest BCUT2D eigenvalue weighted by molar-refractivity contribution is 8.03. The molecule has 0 bridgehead atoms. The molecule has 1 aliphatic carbocycles. The number of benzene rings is 1. The summed E-state index contributed by atoms with van der Waals surface area (Å²) in [5.74, 6) is -1.46. The molecule has 1 aromatic rings. The molecule has 1 fully saturated rings. The van der Waals surface area contributed by atoms with Crippen LogP contribution >= 0.6 is 11.8 Å². The van der Waals surface area contributed by atoms with Gasteiger partial charge in [0, 0.05) is 12.5 Å². The number of aliphatic carboxylic acids is 1. The van der Waals surface area contributed by atoms with Gasteiger partial charge < -0.3 is 10.0 Å². The third kappa shape index (κ3) is 2.29. The van der Waals surface area contributed by atoms with Crippen LogP contribution in [0.5, 0.6) is 0 Å². The van der Waals surface area contributed by atoms with E-state index in [1.165, 1.54) is 11.8 Å². The van der Waals surface area contributed by atoms with Crippen molar-refractivity contribution in [2.75, 3.05) is 6.54 Å². The summed E-state index contributed by atoms with van der Waals surface area (Å²) in [4.78, 5) is 27.3. The summed E-state index contributed by atoms with van der Waals surface area (Å²) < 4.78 is 0. The number of likely N-dealkylation sites (tertiary alicyclic amines) is 1. The first kappa shape index (κ1) is 16.5. The standard InChI is InChI=1S/C20H21NO3S/c1-12(13-6-4-3-5-7-13)21-11-15-10-14-8-9-25-17(14)20(2,19(23)24)16(15)18(21)22/h3-10,12,15-17H,11H2,1-2H3,(H,23,24)/t12-,15-,16+,17-,20-/m0/s1. The van der Waals surface area contributed by atoms with Gasteiger partial charge in [-0.3, -0.25) is 9.59 Å². The highest BCUT2D eigenvalue weighted by Gasteiger charge is 2.61. The zero-order valence-corrected chi connectivity index (χ0v) is 15.1. The smallest absolute Gasteiger partial charge is 0.311 e. The lowest BCUT2D eigenvalue weighted by molar-refractivity contribution is -0.156. The van der Waals surface area contributed by atoms with Crippen molar-refractivity contribution in [2.24, 2.45) is 17.3 Å². The normalized spacial score (nSPS) is 34.5. The Hall–Kier alpha value is -2.01. The molecule has 4 nitrogen and oxygen atoms in total. The van der Waals surface area contributed by atoms with Crippen LogP contribution in [0.2, 0.25) is 0 Å². The molecular weight excluding hydrogens is 334 g/mol. The number of hydrogen-bond acceptors (Lipinski definition) is 3. The van der Waals surface area contributed by atoms with Gasteiger partial charge in [0.1, 0.15) is 0 Å². The molecule has 0 spiro atoms. The number of amides is 1. The van der Waals surface area contributed by atoms with E-state index in [0.29, 0.717) is 6.54 Å². The number of carboxylic acids is 1. The summed E-state index contributed by atoms with van der Waals surface area (Å²) in [5, 5.41) is 11.8. The van der Waals surface area contributed by atoms with Gasteiger partial charge >= 0.3 is 5.97 Å². The molecule has 0 aromatic heterocycles. The SMILES string of the molecule is C[C@@H](c1ccccc1)N1C[C@@H]2C=C3C=CS[C@@H]3[C@@](C)(C(=O)O)[C@H]2C1=O. The van der Waals surface area contributed by atoms with Crippen molar-refractivity contribution in [1.29, 1.82) is 0 Å². The second kappa shape index (κ2) is 5.77. The average Bonchev–Trinajstić information content (AvgIpc) is 3.20. The van der Waals surface area contributed by atoms with Crippen molar-refractivity contribution in [3.63, 3.8) is 0 Å². The number of fused-ring (bicyclic) bond motifs is 2. The van der Waals surface area contributed by atoms with Gasteiger partial charge in [-0.15, -0.1) is 11.8 Å². The van der Waals surface area contributed by atoms with E-state index in [0.717, 1.165) is 11.1 Å². The van der Waals surface area contributed by atoms with E-state index in [2.05, 4.69) is 6.08 Å². The van der Waals surface area contributed by atoms with Crippen LogP contribution in [0.15, 0.2) is 53.5 Å². The fourth-order valence-electron chi connectivity index (χ4n) is 4.54. The first-order valence-electron chi connectivity index (χ1n) is 8.57. The monoisotopic (exact) mass is 355 g/mol. The second-order valence-corrected chi connectivity index (χ2v) is 8.31. The Morgan fingerprint density at radius 2 is 2.08 bits per heavy atom. The predicted octanol–water partition coefficient (Wildman–Crippen LogP) is 3.48. The number of rotatable bonds is 3. The molecule has 1 amide bonds. The van der Waals surface area contributed by atoms with Crippen LogP contribution in [-0.4, -0.2) is 33.7 Å². The van der Waals surface area contributed by atoms with Crippen LogP contribution in [0.25, 0.3) is 0 Å². The summed E-state index contributed by atoms with van der Waals surface area (Å²) in [5.41, 5.74) is 1.05. The largest absolute Gasteiger partial charge is 0.481 e. The molecule has 4 rings (SSSR count). The molecule has 3 aliphatic rings. The summed E-state index contributed by atoms with van der Waals surface area (Å²) in [6.07, 6.45) is 4.13. The first-order chi connectivity index (χ1) is 11.9. The molecular formula is C20H21NO3S. The Morgan fingerprint density at radius 3 is 2.76 bits per heavy atom. The van der Waals surface area contributed by atoms with Crippen molar-refractivity contribution in [2.45, 2.75) is 25.1 Å². The minimum atomic E-state index is -1.08. The third-order valence-electron chi connectivity index (χ3n) is 5.97. The van der Waals surface area contributed by atoms with E-state index in [1.54, 1.807) is 6.92 Å². The molecule has 0 radical (unpaired) electrons. The van der Waals surface area contributed by atoms with Crippen LogP contribution < -0.4 is 0 Å². The van der Waals surface area contributed by atoms with Crippen molar-refractivity contribution in [3.05, 3.63) is 59.0 Å². The number of carboxylic acid groups (broad SMARTS) is 1. The molecule has 2 heterocycles. The fraction of sp³-hybridized carbons (Fsp3) is 0.400. The van der Waals surface area contributed by atoms with E-state index < -0.39 is 17.3 Å². The maximum Gasteiger partial charge on any atom is 0.311 e. The molecule has 1 N–H and O–H groups in total. The van der Waals surface area contributed by atoms with Gasteiger partial charge in [-0.25, -0.2) is 0 Å². The van der Waals surface area contributed by atoms with Gasteiger partial charge in [0.05, 0.1) is 22.6 Å². The number of carbonyl (C=O) groups is 2. The lowest BCUT2D eigenvalue weighted by Gasteiger charge is -2.41. The fourth-order valence-corrected chi connectivity index (χ4v) is 5.78. The van der Waals surface area contributed by atoms with Gasteiger partial charge in [0.2, 0.25) is 5.91 Å². The molecule has 5 heteroatoms. The zero-order valence-electron chi connectivity index (χ0n) is 14.3. The predicted molar refractivity (Wildman–Crippen MR) is 97.9 cm³/mol. The number of allylic oxidation sites excluding steroid dienone is 1. The highest BCUT2D eigenvalue weighted by atomic mass is 32.2. The second-order valence-electron chi connectivity index (χ2n) is 7.29. The Balaban J connectivity index is 1.72. The number of carbonyl (C=O) groups excluding carboxylic acids is 1. The molecule has 2 aliphatic heterocycles. The summed E-state index contributed by atoms with van der Waals surface area (Å²) in [6.45, 7) is 4.35. The minimum absolute atomic E-state index is 0.0333. The minimum Gasteiger partial charge on any atom is -0.481 e. The zero-order chi connectivity index (χ0) is 17.8. The third-order valence-corrected chi connectivity index (χ3v) is 7.30. The molecule has 5 atom stereocenters. The van der Waals surface area contributed by atoms with Crippen LogP contribution in [-0.2, 0) is 9.59 Å². The van der Waals surface area contributed by atoms with E-state index in [4.69, 9.17) is 0 Å². The maximum absolute atomic E-state index is 13.3. The number of hydrogen-bond donors (Lipinski definition) is 1. The first-order valence-corrected chi connectivity index (χ1v) is 9.51. The van der Waals surface area contributed by atoms with Crippen molar-refractivity contribution in [1.82, 2.24) is 4.90 Å². The van der Waals surface area contributed by atoms with E-state index >= 15 is 0 Å². The molecule has 0 saturated carbocycles. The Morgan fingerprint density at radius 1 is 1.36 bits per heavy atom. The lowest BCUT2D eigenvalue weighted by Crippen LogP contribution is -2.51. The number of nitrogens with zero attached hydrogens (tertiary/aromatic N) is 1. The molecule has 25 heavy (non-hydrogen) atoms. The van der Waals surface area contributed by atoms with Crippen molar-refractivity contribution >= 4 is 23.6 Å². The average molecular weight is 355 g/mol. The Kier molecular flexibility index (Phi) is 3.80. The molecule has 1 saturated heterocycles. The van der Waals surface area contributed by atoms with E-state index in [9.17, 15) is 14.7 Å². The summed E-state index contributed by atoms with van der Waals surface area (Å²) >= 11 is 1.52. The Bertz CT molecular complexity index is 787. The molecule has 130 valence electrons. The van der Waals surface area contributed by atoms with E-state index in [1.807, 2.05) is 53.6 Å². The van der Waals surface area contributed by atoms with Crippen LogP contribution in [0.3, 0.4) is 0 Å². The van der Waals surface area contributed by atoms with Gasteiger partial charge in [0.25, 0.3) is 0 Å². The van der Waals surface area contributed by atoms with Gasteiger partial charge in [0.15, 0.2) is 0 Å². The van der Waals surface area contributed by atoms with Crippen molar-refractivity contribution < 1.29 is 14.7 Å². The topological polar surface area (TPSA) is 57.6 Å². The number of thioether (sulfide) groups is 1. The van der Waals surface area contributed by atoms with Crippen LogP contribution in [0, 0.1) is 17.3 Å². The summed E-state index contributed by atoms with van der Waals surface area (Å²) in [7, 11) is 0. The van der Waals surface area contributed by atoms with Crippen LogP contribution in [0.1, 0.15) is 25.5 Å². The van der Waals surface area contributed by atoms with Gasteiger partial charge in [-0.05, 0) is 30.4 Å². The quantitative estimate of drug-likeness (QED) is 0.902. The lowest BCUT2D eigenvalue weighted by atomic mass is 9.64. The Labute approximate surface area is 151 Å². The maximum atomic E-state index is 13.3. The summed E-state index contributed by atoms with van der Waals surface area (Å²) in [6, 6.07) is 9.87. The molecule has 1 aromatic carbocycles.